The summed E-state index contributed by atoms with van der Waals surface area (Å²) in [4.78, 5) is 14.6. The van der Waals surface area contributed by atoms with E-state index in [1.165, 1.54) is 11.6 Å². The van der Waals surface area contributed by atoms with Crippen LogP contribution in [-0.4, -0.2) is 37.0 Å². The number of aryl methyl sites for hydroxylation is 1. The molecule has 0 aromatic heterocycles. The Morgan fingerprint density at radius 1 is 1.11 bits per heavy atom. The number of nitrogens with zero attached hydrogens (tertiary/aromatic N) is 1. The molecule has 0 aliphatic carbocycles. The molecule has 0 bridgehead atoms. The topological polar surface area (TPSA) is 41.6 Å². The van der Waals surface area contributed by atoms with E-state index in [-0.39, 0.29) is 17.8 Å². The lowest BCUT2D eigenvalue weighted by Gasteiger charge is -2.32. The molecule has 3 rings (SSSR count). The van der Waals surface area contributed by atoms with Gasteiger partial charge in [-0.25, -0.2) is 4.39 Å². The first-order chi connectivity index (χ1) is 13.2. The Bertz CT molecular complexity index is 757. The Morgan fingerprint density at radius 2 is 1.78 bits per heavy atom. The Labute approximate surface area is 160 Å². The molecule has 0 radical (unpaired) electrons. The van der Waals surface area contributed by atoms with Crippen LogP contribution in [0.4, 0.5) is 4.39 Å². The van der Waals surface area contributed by atoms with Crippen molar-refractivity contribution < 1.29 is 13.9 Å². The van der Waals surface area contributed by atoms with E-state index in [0.29, 0.717) is 18.4 Å². The van der Waals surface area contributed by atoms with E-state index in [2.05, 4.69) is 16.3 Å². The van der Waals surface area contributed by atoms with Crippen LogP contribution >= 0.6 is 0 Å². The number of amides is 1. The minimum atomic E-state index is -0.241. The molecule has 0 spiro atoms. The quantitative estimate of drug-likeness (QED) is 0.810. The van der Waals surface area contributed by atoms with Crippen LogP contribution in [0.3, 0.4) is 0 Å². The molecule has 1 heterocycles. The molecule has 27 heavy (non-hydrogen) atoms. The number of carbonyl (C=O) groups is 1. The first kappa shape index (κ1) is 19.4. The van der Waals surface area contributed by atoms with E-state index in [0.717, 1.165) is 38.2 Å². The third-order valence-electron chi connectivity index (χ3n) is 5.12. The second-order valence-electron chi connectivity index (χ2n) is 7.02. The van der Waals surface area contributed by atoms with Crippen LogP contribution in [0, 0.1) is 5.82 Å². The lowest BCUT2D eigenvalue weighted by Crippen LogP contribution is -2.44. The fourth-order valence-corrected chi connectivity index (χ4v) is 3.56. The molecule has 0 saturated carbocycles. The number of para-hydroxylation sites is 1. The summed E-state index contributed by atoms with van der Waals surface area (Å²) in [5.41, 5.74) is 1.78. The van der Waals surface area contributed by atoms with Gasteiger partial charge in [0.15, 0.2) is 0 Å². The summed E-state index contributed by atoms with van der Waals surface area (Å²) in [5, 5.41) is 3.10. The van der Waals surface area contributed by atoms with Crippen LogP contribution in [0.25, 0.3) is 0 Å². The number of ether oxygens (including phenoxy) is 1. The molecule has 0 atom stereocenters. The van der Waals surface area contributed by atoms with Crippen molar-refractivity contribution >= 4 is 5.91 Å². The van der Waals surface area contributed by atoms with Crippen LogP contribution in [0.15, 0.2) is 48.5 Å². The van der Waals surface area contributed by atoms with Crippen LogP contribution in [0.2, 0.25) is 0 Å². The molecule has 1 amide bonds. The number of likely N-dealkylation sites (tertiary alicyclic amines) is 1. The molecule has 1 aliphatic rings. The van der Waals surface area contributed by atoms with Crippen molar-refractivity contribution in [2.24, 2.45) is 0 Å². The van der Waals surface area contributed by atoms with Crippen molar-refractivity contribution in [1.82, 2.24) is 10.2 Å². The third-order valence-corrected chi connectivity index (χ3v) is 5.12. The SMILES string of the molecule is COc1ccccc1CN1CCC(NC(=O)CCc2ccccc2F)CC1. The van der Waals surface area contributed by atoms with E-state index in [4.69, 9.17) is 4.74 Å². The molecule has 5 heteroatoms. The molecule has 144 valence electrons. The van der Waals surface area contributed by atoms with Gasteiger partial charge in [0, 0.05) is 37.7 Å². The fraction of sp³-hybridized carbons (Fsp3) is 0.409. The zero-order valence-electron chi connectivity index (χ0n) is 15.8. The summed E-state index contributed by atoms with van der Waals surface area (Å²) >= 11 is 0. The predicted molar refractivity (Wildman–Crippen MR) is 104 cm³/mol. The predicted octanol–water partition coefficient (Wildman–Crippen LogP) is 3.55. The fourth-order valence-electron chi connectivity index (χ4n) is 3.56. The second-order valence-corrected chi connectivity index (χ2v) is 7.02. The van der Waals surface area contributed by atoms with Gasteiger partial charge in [0.25, 0.3) is 0 Å². The zero-order chi connectivity index (χ0) is 19.1. The highest BCUT2D eigenvalue weighted by Crippen LogP contribution is 2.21. The van der Waals surface area contributed by atoms with Gasteiger partial charge in [0.1, 0.15) is 11.6 Å². The van der Waals surface area contributed by atoms with Crippen molar-refractivity contribution in [1.29, 1.82) is 0 Å². The molecule has 2 aromatic carbocycles. The zero-order valence-corrected chi connectivity index (χ0v) is 15.8. The van der Waals surface area contributed by atoms with E-state index < -0.39 is 0 Å². The van der Waals surface area contributed by atoms with Gasteiger partial charge in [-0.3, -0.25) is 9.69 Å². The van der Waals surface area contributed by atoms with Crippen LogP contribution < -0.4 is 10.1 Å². The monoisotopic (exact) mass is 370 g/mol. The Balaban J connectivity index is 1.41. The minimum Gasteiger partial charge on any atom is -0.496 e. The van der Waals surface area contributed by atoms with Gasteiger partial charge in [-0.05, 0) is 37.0 Å². The number of rotatable bonds is 7. The van der Waals surface area contributed by atoms with E-state index in [1.807, 2.05) is 18.2 Å². The number of hydrogen-bond acceptors (Lipinski definition) is 3. The number of methoxy groups -OCH3 is 1. The molecule has 1 saturated heterocycles. The first-order valence-corrected chi connectivity index (χ1v) is 9.52. The van der Waals surface area contributed by atoms with Crippen molar-refractivity contribution in [3.8, 4) is 5.75 Å². The smallest absolute Gasteiger partial charge is 0.220 e. The van der Waals surface area contributed by atoms with Crippen LogP contribution in [-0.2, 0) is 17.8 Å². The summed E-state index contributed by atoms with van der Waals surface area (Å²) in [6, 6.07) is 14.9. The lowest BCUT2D eigenvalue weighted by molar-refractivity contribution is -0.122. The van der Waals surface area contributed by atoms with Crippen molar-refractivity contribution in [2.45, 2.75) is 38.3 Å². The Kier molecular flexibility index (Phi) is 6.82. The Hall–Kier alpha value is -2.40. The maximum absolute atomic E-state index is 13.6. The van der Waals surface area contributed by atoms with Gasteiger partial charge in [0.05, 0.1) is 7.11 Å². The van der Waals surface area contributed by atoms with Gasteiger partial charge < -0.3 is 10.1 Å². The maximum Gasteiger partial charge on any atom is 0.220 e. The van der Waals surface area contributed by atoms with E-state index in [9.17, 15) is 9.18 Å². The Morgan fingerprint density at radius 3 is 2.48 bits per heavy atom. The molecule has 1 aliphatic heterocycles. The average molecular weight is 370 g/mol. The molecular weight excluding hydrogens is 343 g/mol. The standard InChI is InChI=1S/C22H27FN2O2/c1-27-21-9-5-3-7-18(21)16-25-14-12-19(13-15-25)24-22(26)11-10-17-6-2-4-8-20(17)23/h2-9,19H,10-16H2,1H3,(H,24,26). The largest absolute Gasteiger partial charge is 0.496 e. The first-order valence-electron chi connectivity index (χ1n) is 9.52. The lowest BCUT2D eigenvalue weighted by atomic mass is 10.0. The average Bonchev–Trinajstić information content (AvgIpc) is 2.69. The minimum absolute atomic E-state index is 0.00133. The van der Waals surface area contributed by atoms with Gasteiger partial charge in [-0.2, -0.15) is 0 Å². The van der Waals surface area contributed by atoms with Crippen molar-refractivity contribution in [3.05, 3.63) is 65.5 Å². The highest BCUT2D eigenvalue weighted by molar-refractivity contribution is 5.76. The number of hydrogen-bond donors (Lipinski definition) is 1. The molecule has 2 aromatic rings. The summed E-state index contributed by atoms with van der Waals surface area (Å²) in [6.45, 7) is 2.74. The summed E-state index contributed by atoms with van der Waals surface area (Å²) < 4.78 is 19.1. The summed E-state index contributed by atoms with van der Waals surface area (Å²) in [7, 11) is 1.70. The van der Waals surface area contributed by atoms with Gasteiger partial charge in [-0.15, -0.1) is 0 Å². The molecular formula is C22H27FN2O2. The van der Waals surface area contributed by atoms with Gasteiger partial charge >= 0.3 is 0 Å². The number of piperidine rings is 1. The van der Waals surface area contributed by atoms with Crippen molar-refractivity contribution in [2.75, 3.05) is 20.2 Å². The third kappa shape index (κ3) is 5.54. The second kappa shape index (κ2) is 9.51. The normalized spacial score (nSPS) is 15.5. The summed E-state index contributed by atoms with van der Waals surface area (Å²) in [6.07, 6.45) is 2.62. The van der Waals surface area contributed by atoms with Gasteiger partial charge in [-0.1, -0.05) is 36.4 Å². The molecule has 4 nitrogen and oxygen atoms in total. The number of nitrogens with one attached hydrogen (secondary N) is 1. The van der Waals surface area contributed by atoms with E-state index in [1.54, 1.807) is 25.3 Å². The van der Waals surface area contributed by atoms with Gasteiger partial charge in [0.2, 0.25) is 5.91 Å². The van der Waals surface area contributed by atoms with Crippen molar-refractivity contribution in [3.63, 3.8) is 0 Å². The molecule has 1 fully saturated rings. The number of halogens is 1. The number of benzene rings is 2. The molecule has 0 unspecified atom stereocenters. The highest BCUT2D eigenvalue weighted by atomic mass is 19.1. The molecule has 1 N–H and O–H groups in total. The highest BCUT2D eigenvalue weighted by Gasteiger charge is 2.21. The number of carbonyl (C=O) groups excluding carboxylic acids is 1. The van der Waals surface area contributed by atoms with Crippen LogP contribution in [0.1, 0.15) is 30.4 Å². The van der Waals surface area contributed by atoms with Crippen LogP contribution in [0.5, 0.6) is 5.75 Å². The van der Waals surface area contributed by atoms with E-state index >= 15 is 0 Å². The summed E-state index contributed by atoms with van der Waals surface area (Å²) in [5.74, 6) is 0.678. The maximum atomic E-state index is 13.6.